The number of hydrogen-bond donors (Lipinski definition) is 0. The van der Waals surface area contributed by atoms with Gasteiger partial charge in [0, 0.05) is 27.7 Å². The van der Waals surface area contributed by atoms with Crippen molar-refractivity contribution >= 4 is 40.2 Å². The number of rotatable bonds is 9. The Balaban J connectivity index is 1.46. The third-order valence-corrected chi connectivity index (χ3v) is 6.28. The molecule has 0 fully saturated rings. The van der Waals surface area contributed by atoms with E-state index in [1.807, 2.05) is 55.5 Å². The van der Waals surface area contributed by atoms with E-state index in [1.165, 1.54) is 6.92 Å². The number of fused-ring (bicyclic) bond motifs is 1. The maximum absolute atomic E-state index is 13.0. The Morgan fingerprint density at radius 2 is 1.60 bits per heavy atom. The lowest BCUT2D eigenvalue weighted by atomic mass is 10.1. The predicted octanol–water partition coefficient (Wildman–Crippen LogP) is 6.89. The average Bonchev–Trinajstić information content (AvgIpc) is 3.32. The minimum absolute atomic E-state index is 0.181. The fourth-order valence-corrected chi connectivity index (χ4v) is 4.39. The van der Waals surface area contributed by atoms with Crippen LogP contribution in [0.15, 0.2) is 92.2 Å². The maximum Gasteiger partial charge on any atom is 0.331 e. The molecule has 0 aliphatic heterocycles. The second kappa shape index (κ2) is 11.1. The Morgan fingerprint density at radius 3 is 2.20 bits per heavy atom. The van der Waals surface area contributed by atoms with Crippen LogP contribution in [0.2, 0.25) is 0 Å². The van der Waals surface area contributed by atoms with Gasteiger partial charge in [0.1, 0.15) is 0 Å². The van der Waals surface area contributed by atoms with E-state index in [-0.39, 0.29) is 11.5 Å². The molecule has 0 bridgehead atoms. The van der Waals surface area contributed by atoms with E-state index >= 15 is 0 Å². The fourth-order valence-electron chi connectivity index (χ4n) is 3.58. The number of carbonyl (C=O) groups is 2. The number of oxime groups is 1. The van der Waals surface area contributed by atoms with Gasteiger partial charge < -0.3 is 14.0 Å². The SMILES string of the molecule is CCCC(=NOC(C)=O)c1ccc(Sc2ccc(C(=O)c3cc4cccc(OC)c4o3)cc2)cc1. The van der Waals surface area contributed by atoms with Crippen molar-refractivity contribution in [2.45, 2.75) is 36.5 Å². The van der Waals surface area contributed by atoms with E-state index in [0.717, 1.165) is 32.9 Å². The zero-order valence-electron chi connectivity index (χ0n) is 19.7. The summed E-state index contributed by atoms with van der Waals surface area (Å²) in [4.78, 5) is 30.9. The number of carbonyl (C=O) groups excluding carboxylic acids is 2. The molecule has 0 N–H and O–H groups in total. The molecule has 1 aromatic heterocycles. The molecule has 4 rings (SSSR count). The summed E-state index contributed by atoms with van der Waals surface area (Å²) < 4.78 is 11.1. The summed E-state index contributed by atoms with van der Waals surface area (Å²) in [5, 5.41) is 4.81. The molecule has 0 atom stereocenters. The molecule has 0 amide bonds. The molecule has 4 aromatic rings. The molecule has 0 unspecified atom stereocenters. The van der Waals surface area contributed by atoms with Crippen LogP contribution in [0, 0.1) is 0 Å². The van der Waals surface area contributed by atoms with E-state index in [2.05, 4.69) is 5.16 Å². The highest BCUT2D eigenvalue weighted by atomic mass is 32.2. The van der Waals surface area contributed by atoms with Crippen LogP contribution in [0.3, 0.4) is 0 Å². The number of para-hydroxylation sites is 1. The molecule has 3 aromatic carbocycles. The van der Waals surface area contributed by atoms with Crippen molar-refractivity contribution in [3.05, 3.63) is 89.7 Å². The third kappa shape index (κ3) is 5.81. The lowest BCUT2D eigenvalue weighted by molar-refractivity contribution is -0.140. The van der Waals surface area contributed by atoms with Gasteiger partial charge in [0.05, 0.1) is 12.8 Å². The molecule has 0 aliphatic rings. The molecule has 0 radical (unpaired) electrons. The summed E-state index contributed by atoms with van der Waals surface area (Å²) in [6.07, 6.45) is 1.61. The number of furan rings is 1. The van der Waals surface area contributed by atoms with Gasteiger partial charge in [0.25, 0.3) is 0 Å². The zero-order valence-corrected chi connectivity index (χ0v) is 20.6. The van der Waals surface area contributed by atoms with Crippen LogP contribution >= 0.6 is 11.8 Å². The van der Waals surface area contributed by atoms with E-state index in [1.54, 1.807) is 43.1 Å². The van der Waals surface area contributed by atoms with E-state index in [0.29, 0.717) is 23.3 Å². The van der Waals surface area contributed by atoms with Crippen LogP contribution < -0.4 is 4.74 Å². The first-order valence-corrected chi connectivity index (χ1v) is 12.0. The van der Waals surface area contributed by atoms with E-state index in [4.69, 9.17) is 14.0 Å². The summed E-state index contributed by atoms with van der Waals surface area (Å²) in [5.41, 5.74) is 2.77. The van der Waals surface area contributed by atoms with Crippen LogP contribution in [0.5, 0.6) is 5.75 Å². The molecule has 0 saturated carbocycles. The number of methoxy groups -OCH3 is 1. The highest BCUT2D eigenvalue weighted by Gasteiger charge is 2.16. The normalized spacial score (nSPS) is 11.5. The molecule has 0 aliphatic carbocycles. The van der Waals surface area contributed by atoms with Crippen molar-refractivity contribution in [2.24, 2.45) is 5.16 Å². The smallest absolute Gasteiger partial charge is 0.331 e. The van der Waals surface area contributed by atoms with E-state index < -0.39 is 5.97 Å². The summed E-state index contributed by atoms with van der Waals surface area (Å²) >= 11 is 1.59. The van der Waals surface area contributed by atoms with Crippen molar-refractivity contribution in [1.82, 2.24) is 0 Å². The highest BCUT2D eigenvalue weighted by molar-refractivity contribution is 7.99. The van der Waals surface area contributed by atoms with Gasteiger partial charge in [-0.3, -0.25) is 4.79 Å². The molecule has 178 valence electrons. The lowest BCUT2D eigenvalue weighted by Crippen LogP contribution is -2.03. The van der Waals surface area contributed by atoms with Gasteiger partial charge in [-0.25, -0.2) is 4.79 Å². The lowest BCUT2D eigenvalue weighted by Gasteiger charge is -2.07. The summed E-state index contributed by atoms with van der Waals surface area (Å²) in [7, 11) is 1.57. The molecular formula is C28H25NO5S. The second-order valence-corrected chi connectivity index (χ2v) is 8.99. The molecule has 0 spiro atoms. The highest BCUT2D eigenvalue weighted by Crippen LogP contribution is 2.31. The number of ether oxygens (including phenoxy) is 1. The topological polar surface area (TPSA) is 78.1 Å². The summed E-state index contributed by atoms with van der Waals surface area (Å²) in [6, 6.07) is 22.7. The molecule has 6 nitrogen and oxygen atoms in total. The zero-order chi connectivity index (χ0) is 24.8. The van der Waals surface area contributed by atoms with E-state index in [9.17, 15) is 9.59 Å². The number of nitrogens with zero attached hydrogens (tertiary/aromatic N) is 1. The van der Waals surface area contributed by atoms with Gasteiger partial charge in [-0.1, -0.05) is 54.5 Å². The molecule has 7 heteroatoms. The Bertz CT molecular complexity index is 1370. The maximum atomic E-state index is 13.0. The summed E-state index contributed by atoms with van der Waals surface area (Å²) in [5.74, 6) is 0.255. The van der Waals surface area contributed by atoms with Crippen molar-refractivity contribution in [1.29, 1.82) is 0 Å². The van der Waals surface area contributed by atoms with Gasteiger partial charge in [0.15, 0.2) is 17.1 Å². The van der Waals surface area contributed by atoms with Crippen LogP contribution in [-0.2, 0) is 9.63 Å². The number of ketones is 1. The van der Waals surface area contributed by atoms with Gasteiger partial charge in [0.2, 0.25) is 5.78 Å². The predicted molar refractivity (Wildman–Crippen MR) is 136 cm³/mol. The average molecular weight is 488 g/mol. The quantitative estimate of drug-likeness (QED) is 0.111. The second-order valence-electron chi connectivity index (χ2n) is 7.84. The monoisotopic (exact) mass is 487 g/mol. The van der Waals surface area contributed by atoms with Gasteiger partial charge in [-0.15, -0.1) is 0 Å². The van der Waals surface area contributed by atoms with Crippen LogP contribution in [-0.4, -0.2) is 24.6 Å². The van der Waals surface area contributed by atoms with Crippen molar-refractivity contribution in [3.63, 3.8) is 0 Å². The van der Waals surface area contributed by atoms with Gasteiger partial charge in [-0.05, 0) is 60.5 Å². The van der Waals surface area contributed by atoms with Gasteiger partial charge >= 0.3 is 5.97 Å². The summed E-state index contributed by atoms with van der Waals surface area (Å²) in [6.45, 7) is 3.38. The minimum atomic E-state index is -0.437. The number of hydrogen-bond acceptors (Lipinski definition) is 7. The van der Waals surface area contributed by atoms with Crippen molar-refractivity contribution < 1.29 is 23.6 Å². The first-order chi connectivity index (χ1) is 17.0. The fraction of sp³-hybridized carbons (Fsp3) is 0.179. The Morgan fingerprint density at radius 1 is 0.943 bits per heavy atom. The Hall–Kier alpha value is -3.84. The van der Waals surface area contributed by atoms with Crippen molar-refractivity contribution in [2.75, 3.05) is 7.11 Å². The Kier molecular flexibility index (Phi) is 7.67. The van der Waals surface area contributed by atoms with Gasteiger partial charge in [-0.2, -0.15) is 0 Å². The molecule has 1 heterocycles. The standard InChI is InChI=1S/C28H25NO5S/c1-4-6-24(29-34-18(2)30)19-9-13-22(14-10-19)35-23-15-11-20(12-16-23)27(31)26-17-21-7-5-8-25(32-3)28(21)33-26/h5,7-17H,4,6H2,1-3H3. The third-order valence-electron chi connectivity index (χ3n) is 5.26. The minimum Gasteiger partial charge on any atom is -0.493 e. The molecular weight excluding hydrogens is 462 g/mol. The molecule has 0 saturated heterocycles. The van der Waals surface area contributed by atoms with Crippen molar-refractivity contribution in [3.8, 4) is 5.75 Å². The number of benzene rings is 3. The first-order valence-electron chi connectivity index (χ1n) is 11.2. The van der Waals surface area contributed by atoms with Crippen LogP contribution in [0.1, 0.15) is 48.4 Å². The molecule has 35 heavy (non-hydrogen) atoms. The van der Waals surface area contributed by atoms with Crippen LogP contribution in [0.4, 0.5) is 0 Å². The Labute approximate surface area is 207 Å². The largest absolute Gasteiger partial charge is 0.493 e. The van der Waals surface area contributed by atoms with Crippen LogP contribution in [0.25, 0.3) is 11.0 Å². The first kappa shape index (κ1) is 24.3.